The van der Waals surface area contributed by atoms with Gasteiger partial charge in [-0.1, -0.05) is 24.3 Å². The van der Waals surface area contributed by atoms with Crippen LogP contribution in [0.5, 0.6) is 0 Å². The van der Waals surface area contributed by atoms with Crippen molar-refractivity contribution < 1.29 is 23.7 Å². The molecule has 2 unspecified atom stereocenters. The van der Waals surface area contributed by atoms with Crippen LogP contribution >= 0.6 is 0 Å². The molecular weight excluding hydrogens is 341 g/mol. The maximum absolute atomic E-state index is 13.7. The first-order chi connectivity index (χ1) is 12.3. The second kappa shape index (κ2) is 7.14. The maximum atomic E-state index is 13.7. The SMILES string of the molecule is CONC(=O)[C@H]1C=C[C@@H](N2OC(C)(C(N)=O)CC2c2cccc(F)c2)C1. The van der Waals surface area contributed by atoms with Gasteiger partial charge in [-0.15, -0.1) is 0 Å². The van der Waals surface area contributed by atoms with Crippen LogP contribution in [-0.4, -0.2) is 35.6 Å². The first kappa shape index (κ1) is 18.5. The fourth-order valence-electron chi connectivity index (χ4n) is 3.45. The number of amides is 2. The molecule has 140 valence electrons. The Labute approximate surface area is 150 Å². The van der Waals surface area contributed by atoms with Crippen LogP contribution in [0.4, 0.5) is 4.39 Å². The van der Waals surface area contributed by atoms with E-state index >= 15 is 0 Å². The van der Waals surface area contributed by atoms with E-state index in [1.54, 1.807) is 30.2 Å². The third kappa shape index (κ3) is 3.48. The molecule has 1 aromatic rings. The highest BCUT2D eigenvalue weighted by molar-refractivity contribution is 5.83. The summed E-state index contributed by atoms with van der Waals surface area (Å²) in [4.78, 5) is 34.4. The van der Waals surface area contributed by atoms with Crippen LogP contribution in [-0.2, 0) is 19.3 Å². The van der Waals surface area contributed by atoms with Crippen molar-refractivity contribution in [3.63, 3.8) is 0 Å². The predicted octanol–water partition coefficient (Wildman–Crippen LogP) is 1.37. The van der Waals surface area contributed by atoms with E-state index in [2.05, 4.69) is 10.3 Å². The molecule has 4 atom stereocenters. The molecular formula is C18H22FN3O4. The van der Waals surface area contributed by atoms with Gasteiger partial charge in [-0.2, -0.15) is 5.06 Å². The van der Waals surface area contributed by atoms with Crippen LogP contribution < -0.4 is 11.2 Å². The molecule has 1 fully saturated rings. The van der Waals surface area contributed by atoms with Crippen LogP contribution in [0.2, 0.25) is 0 Å². The lowest BCUT2D eigenvalue weighted by Crippen LogP contribution is -2.43. The van der Waals surface area contributed by atoms with Gasteiger partial charge in [-0.05, 0) is 31.0 Å². The lowest BCUT2D eigenvalue weighted by atomic mass is 9.92. The third-order valence-corrected chi connectivity index (χ3v) is 4.88. The van der Waals surface area contributed by atoms with Crippen LogP contribution in [0.15, 0.2) is 36.4 Å². The Kier molecular flexibility index (Phi) is 5.08. The average molecular weight is 363 g/mol. The molecule has 0 radical (unpaired) electrons. The van der Waals surface area contributed by atoms with E-state index in [1.165, 1.54) is 19.2 Å². The Morgan fingerprint density at radius 2 is 2.19 bits per heavy atom. The first-order valence-corrected chi connectivity index (χ1v) is 8.38. The smallest absolute Gasteiger partial charge is 0.251 e. The summed E-state index contributed by atoms with van der Waals surface area (Å²) >= 11 is 0. The number of hydrogen-bond acceptors (Lipinski definition) is 5. The molecule has 0 saturated carbocycles. The van der Waals surface area contributed by atoms with Crippen molar-refractivity contribution in [2.24, 2.45) is 11.7 Å². The van der Waals surface area contributed by atoms with Gasteiger partial charge in [-0.3, -0.25) is 19.3 Å². The van der Waals surface area contributed by atoms with Crippen LogP contribution in [0.3, 0.4) is 0 Å². The molecule has 7 nitrogen and oxygen atoms in total. The molecule has 0 bridgehead atoms. The second-order valence-corrected chi connectivity index (χ2v) is 6.79. The highest BCUT2D eigenvalue weighted by Gasteiger charge is 2.50. The number of carbonyl (C=O) groups is 2. The zero-order chi connectivity index (χ0) is 18.9. The van der Waals surface area contributed by atoms with E-state index in [0.29, 0.717) is 18.4 Å². The zero-order valence-electron chi connectivity index (χ0n) is 14.6. The van der Waals surface area contributed by atoms with Crippen molar-refractivity contribution in [1.82, 2.24) is 10.5 Å². The monoisotopic (exact) mass is 363 g/mol. The predicted molar refractivity (Wildman–Crippen MR) is 90.5 cm³/mol. The average Bonchev–Trinajstić information content (AvgIpc) is 3.20. The van der Waals surface area contributed by atoms with Crippen LogP contribution in [0.25, 0.3) is 0 Å². The molecule has 3 rings (SSSR count). The highest BCUT2D eigenvalue weighted by Crippen LogP contribution is 2.43. The summed E-state index contributed by atoms with van der Waals surface area (Å²) in [5.74, 6) is -1.59. The van der Waals surface area contributed by atoms with E-state index in [9.17, 15) is 14.0 Å². The van der Waals surface area contributed by atoms with Crippen molar-refractivity contribution in [2.45, 2.75) is 37.5 Å². The van der Waals surface area contributed by atoms with Crippen molar-refractivity contribution in [3.05, 3.63) is 47.8 Å². The Morgan fingerprint density at radius 3 is 2.85 bits per heavy atom. The van der Waals surface area contributed by atoms with Crippen molar-refractivity contribution in [3.8, 4) is 0 Å². The zero-order valence-corrected chi connectivity index (χ0v) is 14.6. The molecule has 1 aliphatic heterocycles. The summed E-state index contributed by atoms with van der Waals surface area (Å²) in [5.41, 5.74) is 7.32. The van der Waals surface area contributed by atoms with E-state index < -0.39 is 11.5 Å². The number of primary amides is 1. The summed E-state index contributed by atoms with van der Waals surface area (Å²) in [6.45, 7) is 1.62. The van der Waals surface area contributed by atoms with Gasteiger partial charge in [-0.25, -0.2) is 9.87 Å². The topological polar surface area (TPSA) is 93.9 Å². The number of hydroxylamine groups is 3. The van der Waals surface area contributed by atoms with Crippen molar-refractivity contribution >= 4 is 11.8 Å². The summed E-state index contributed by atoms with van der Waals surface area (Å²) in [5, 5.41) is 1.65. The molecule has 3 N–H and O–H groups in total. The largest absolute Gasteiger partial charge is 0.367 e. The first-order valence-electron chi connectivity index (χ1n) is 8.38. The quantitative estimate of drug-likeness (QED) is 0.609. The normalized spacial score (nSPS) is 31.3. The molecule has 1 aliphatic carbocycles. The van der Waals surface area contributed by atoms with E-state index in [1.807, 2.05) is 6.08 Å². The van der Waals surface area contributed by atoms with Gasteiger partial charge in [0, 0.05) is 6.42 Å². The Morgan fingerprint density at radius 1 is 1.42 bits per heavy atom. The molecule has 1 heterocycles. The standard InChI is InChI=1S/C18H22FN3O4/c1-18(17(20)24)10-15(11-4-3-5-13(19)8-11)22(26-18)14-7-6-12(9-14)16(23)21-25-2/h3-8,12,14-15H,9-10H2,1-2H3,(H2,20,24)(H,21,23)/t12-,14+,15?,18?/m0/s1. The number of nitrogens with zero attached hydrogens (tertiary/aromatic N) is 1. The number of rotatable bonds is 5. The summed E-state index contributed by atoms with van der Waals surface area (Å²) < 4.78 is 13.7. The fourth-order valence-corrected chi connectivity index (χ4v) is 3.45. The summed E-state index contributed by atoms with van der Waals surface area (Å²) in [6.07, 6.45) is 4.37. The minimum atomic E-state index is -1.20. The van der Waals surface area contributed by atoms with E-state index in [0.717, 1.165) is 0 Å². The molecule has 2 amide bonds. The van der Waals surface area contributed by atoms with E-state index in [4.69, 9.17) is 10.6 Å². The van der Waals surface area contributed by atoms with Gasteiger partial charge in [0.1, 0.15) is 5.82 Å². The molecule has 0 aromatic heterocycles. The maximum Gasteiger partial charge on any atom is 0.251 e. The van der Waals surface area contributed by atoms with Gasteiger partial charge in [0.15, 0.2) is 5.60 Å². The van der Waals surface area contributed by atoms with Crippen LogP contribution in [0.1, 0.15) is 31.4 Å². The summed E-state index contributed by atoms with van der Waals surface area (Å²) in [6, 6.07) is 5.56. The lowest BCUT2D eigenvalue weighted by molar-refractivity contribution is -0.214. The number of carbonyl (C=O) groups excluding carboxylic acids is 2. The highest BCUT2D eigenvalue weighted by atomic mass is 19.1. The third-order valence-electron chi connectivity index (χ3n) is 4.88. The molecule has 1 aromatic carbocycles. The Bertz CT molecular complexity index is 741. The number of halogens is 1. The van der Waals surface area contributed by atoms with E-state index in [-0.39, 0.29) is 29.7 Å². The minimum Gasteiger partial charge on any atom is -0.367 e. The lowest BCUT2D eigenvalue weighted by Gasteiger charge is -2.29. The number of benzene rings is 1. The van der Waals surface area contributed by atoms with Crippen LogP contribution in [0, 0.1) is 11.7 Å². The van der Waals surface area contributed by atoms with Gasteiger partial charge >= 0.3 is 0 Å². The molecule has 8 heteroatoms. The van der Waals surface area contributed by atoms with Gasteiger partial charge in [0.05, 0.1) is 25.1 Å². The molecule has 0 spiro atoms. The Balaban J connectivity index is 1.85. The molecule has 1 saturated heterocycles. The fraction of sp³-hybridized carbons (Fsp3) is 0.444. The summed E-state index contributed by atoms with van der Waals surface area (Å²) in [7, 11) is 1.37. The molecule has 26 heavy (non-hydrogen) atoms. The number of nitrogens with two attached hydrogens (primary N) is 1. The molecule has 2 aliphatic rings. The van der Waals surface area contributed by atoms with Gasteiger partial charge in [0.25, 0.3) is 11.8 Å². The Hall–Kier alpha value is -2.29. The number of hydrogen-bond donors (Lipinski definition) is 2. The minimum absolute atomic E-state index is 0.253. The van der Waals surface area contributed by atoms with Crippen molar-refractivity contribution in [1.29, 1.82) is 0 Å². The van der Waals surface area contributed by atoms with Gasteiger partial charge < -0.3 is 5.73 Å². The van der Waals surface area contributed by atoms with Crippen molar-refractivity contribution in [2.75, 3.05) is 7.11 Å². The second-order valence-electron chi connectivity index (χ2n) is 6.79. The van der Waals surface area contributed by atoms with Gasteiger partial charge in [0.2, 0.25) is 0 Å². The number of nitrogens with one attached hydrogen (secondary N) is 1.